The number of ether oxygens (including phenoxy) is 1. The zero-order valence-electron chi connectivity index (χ0n) is 19.3. The van der Waals surface area contributed by atoms with Gasteiger partial charge in [-0.2, -0.15) is 0 Å². The van der Waals surface area contributed by atoms with Crippen molar-refractivity contribution in [3.05, 3.63) is 81.8 Å². The lowest BCUT2D eigenvalue weighted by molar-refractivity contribution is 0.0767. The van der Waals surface area contributed by atoms with Gasteiger partial charge in [-0.15, -0.1) is 0 Å². The molecule has 172 valence electrons. The van der Waals surface area contributed by atoms with Crippen molar-refractivity contribution in [3.8, 4) is 5.75 Å². The molecule has 1 aliphatic rings. The van der Waals surface area contributed by atoms with Crippen LogP contribution in [-0.4, -0.2) is 54.1 Å². The van der Waals surface area contributed by atoms with Gasteiger partial charge < -0.3 is 14.5 Å². The molecule has 1 saturated heterocycles. The Morgan fingerprint density at radius 1 is 1.03 bits per heavy atom. The second-order valence-electron chi connectivity index (χ2n) is 8.33. The van der Waals surface area contributed by atoms with Crippen LogP contribution in [0.5, 0.6) is 5.75 Å². The van der Waals surface area contributed by atoms with Crippen LogP contribution in [0.25, 0.3) is 0 Å². The average molecular weight is 465 g/mol. The predicted octanol–water partition coefficient (Wildman–Crippen LogP) is 4.70. The summed E-state index contributed by atoms with van der Waals surface area (Å²) in [6.07, 6.45) is 1.61. The fraction of sp³-hybridized carbons (Fsp3) is 0.346. The Kier molecular flexibility index (Phi) is 7.14. The smallest absolute Gasteiger partial charge is 0.253 e. The Hall–Kier alpha value is -3.12. The zero-order chi connectivity index (χ0) is 23.4. The predicted molar refractivity (Wildman–Crippen MR) is 131 cm³/mol. The van der Waals surface area contributed by atoms with Crippen molar-refractivity contribution in [1.29, 1.82) is 0 Å². The number of aryl methyl sites for hydroxylation is 2. The summed E-state index contributed by atoms with van der Waals surface area (Å²) >= 11 is 6.09. The van der Waals surface area contributed by atoms with E-state index in [4.69, 9.17) is 21.3 Å². The number of amides is 1. The number of halogens is 1. The summed E-state index contributed by atoms with van der Waals surface area (Å²) in [4.78, 5) is 26.7. The molecule has 0 aliphatic carbocycles. The quantitative estimate of drug-likeness (QED) is 0.547. The first-order chi connectivity index (χ1) is 15.9. The molecule has 1 fully saturated rings. The molecule has 0 N–H and O–H groups in total. The standard InChI is InChI=1S/C26H29ClN4O2/c1-18-24(16-20-8-10-23(33-3)11-9-20)25(29-19(2)28-18)30-12-5-13-31(15-14-30)26(32)21-6-4-7-22(27)17-21/h4,6-11,17H,5,12-16H2,1-3H3. The van der Waals surface area contributed by atoms with E-state index in [0.29, 0.717) is 23.7 Å². The van der Waals surface area contributed by atoms with Gasteiger partial charge in [0.15, 0.2) is 0 Å². The molecular formula is C26H29ClN4O2. The van der Waals surface area contributed by atoms with Crippen molar-refractivity contribution >= 4 is 23.3 Å². The van der Waals surface area contributed by atoms with Gasteiger partial charge in [0.05, 0.1) is 7.11 Å². The van der Waals surface area contributed by atoms with E-state index in [-0.39, 0.29) is 5.91 Å². The average Bonchev–Trinajstić information content (AvgIpc) is 3.07. The highest BCUT2D eigenvalue weighted by molar-refractivity contribution is 6.30. The Morgan fingerprint density at radius 3 is 2.55 bits per heavy atom. The molecule has 3 aromatic rings. The Bertz CT molecular complexity index is 1130. The Morgan fingerprint density at radius 2 is 1.82 bits per heavy atom. The molecule has 0 unspecified atom stereocenters. The van der Waals surface area contributed by atoms with Gasteiger partial charge in [-0.1, -0.05) is 29.8 Å². The second kappa shape index (κ2) is 10.2. The largest absolute Gasteiger partial charge is 0.497 e. The van der Waals surface area contributed by atoms with Gasteiger partial charge in [-0.25, -0.2) is 9.97 Å². The topological polar surface area (TPSA) is 58.6 Å². The minimum Gasteiger partial charge on any atom is -0.497 e. The van der Waals surface area contributed by atoms with Crippen molar-refractivity contribution in [3.63, 3.8) is 0 Å². The van der Waals surface area contributed by atoms with E-state index in [1.165, 1.54) is 5.56 Å². The first kappa shape index (κ1) is 23.1. The number of carbonyl (C=O) groups is 1. The molecule has 4 rings (SSSR count). The molecule has 1 aromatic heterocycles. The summed E-state index contributed by atoms with van der Waals surface area (Å²) in [6, 6.07) is 15.3. The van der Waals surface area contributed by atoms with Crippen LogP contribution in [-0.2, 0) is 6.42 Å². The lowest BCUT2D eigenvalue weighted by atomic mass is 10.0. The maximum Gasteiger partial charge on any atom is 0.253 e. The number of rotatable bonds is 5. The van der Waals surface area contributed by atoms with Crippen LogP contribution >= 0.6 is 11.6 Å². The van der Waals surface area contributed by atoms with Crippen molar-refractivity contribution in [2.75, 3.05) is 38.2 Å². The Balaban J connectivity index is 1.55. The van der Waals surface area contributed by atoms with E-state index in [1.54, 1.807) is 19.2 Å². The second-order valence-corrected chi connectivity index (χ2v) is 8.76. The molecule has 2 heterocycles. The van der Waals surface area contributed by atoms with E-state index in [9.17, 15) is 4.79 Å². The highest BCUT2D eigenvalue weighted by atomic mass is 35.5. The molecule has 2 aromatic carbocycles. The molecule has 6 nitrogen and oxygen atoms in total. The minimum atomic E-state index is 0.0212. The van der Waals surface area contributed by atoms with Gasteiger partial charge in [-0.05, 0) is 56.2 Å². The molecule has 33 heavy (non-hydrogen) atoms. The minimum absolute atomic E-state index is 0.0212. The van der Waals surface area contributed by atoms with Crippen LogP contribution < -0.4 is 9.64 Å². The van der Waals surface area contributed by atoms with E-state index >= 15 is 0 Å². The van der Waals surface area contributed by atoms with Crippen molar-refractivity contribution in [1.82, 2.24) is 14.9 Å². The van der Waals surface area contributed by atoms with Crippen LogP contribution in [0.2, 0.25) is 5.02 Å². The van der Waals surface area contributed by atoms with Crippen LogP contribution in [0.3, 0.4) is 0 Å². The van der Waals surface area contributed by atoms with Crippen LogP contribution in [0.1, 0.15) is 39.4 Å². The number of hydrogen-bond acceptors (Lipinski definition) is 5. The number of anilines is 1. The normalized spacial score (nSPS) is 14.2. The number of hydrogen-bond donors (Lipinski definition) is 0. The SMILES string of the molecule is COc1ccc(Cc2c(C)nc(C)nc2N2CCCN(C(=O)c3cccc(Cl)c3)CC2)cc1. The molecule has 1 aliphatic heterocycles. The van der Waals surface area contributed by atoms with Gasteiger partial charge in [0.1, 0.15) is 17.4 Å². The first-order valence-electron chi connectivity index (χ1n) is 11.2. The summed E-state index contributed by atoms with van der Waals surface area (Å²) in [7, 11) is 1.67. The van der Waals surface area contributed by atoms with E-state index < -0.39 is 0 Å². The van der Waals surface area contributed by atoms with Gasteiger partial charge in [0.2, 0.25) is 0 Å². The molecule has 7 heteroatoms. The summed E-state index contributed by atoms with van der Waals surface area (Å²) in [5.41, 5.74) is 3.93. The van der Waals surface area contributed by atoms with E-state index in [1.807, 2.05) is 43.0 Å². The lowest BCUT2D eigenvalue weighted by Gasteiger charge is -2.26. The number of benzene rings is 2. The summed E-state index contributed by atoms with van der Waals surface area (Å²) in [5, 5.41) is 0.576. The molecule has 0 spiro atoms. The molecule has 0 saturated carbocycles. The fourth-order valence-corrected chi connectivity index (χ4v) is 4.46. The van der Waals surface area contributed by atoms with Crippen molar-refractivity contribution in [2.45, 2.75) is 26.7 Å². The number of methoxy groups -OCH3 is 1. The number of aromatic nitrogens is 2. The molecule has 0 atom stereocenters. The van der Waals surface area contributed by atoms with Crippen LogP contribution in [0, 0.1) is 13.8 Å². The van der Waals surface area contributed by atoms with Gasteiger partial charge >= 0.3 is 0 Å². The van der Waals surface area contributed by atoms with Crippen molar-refractivity contribution < 1.29 is 9.53 Å². The van der Waals surface area contributed by atoms with Gasteiger partial charge in [0.25, 0.3) is 5.91 Å². The first-order valence-corrected chi connectivity index (χ1v) is 11.6. The third kappa shape index (κ3) is 5.45. The molecular weight excluding hydrogens is 436 g/mol. The maximum atomic E-state index is 13.0. The number of nitrogens with zero attached hydrogens (tertiary/aromatic N) is 4. The van der Waals surface area contributed by atoms with Crippen LogP contribution in [0.4, 0.5) is 5.82 Å². The lowest BCUT2D eigenvalue weighted by Crippen LogP contribution is -2.35. The van der Waals surface area contributed by atoms with E-state index in [2.05, 4.69) is 22.0 Å². The highest BCUT2D eigenvalue weighted by Crippen LogP contribution is 2.26. The van der Waals surface area contributed by atoms with Crippen molar-refractivity contribution in [2.24, 2.45) is 0 Å². The third-order valence-electron chi connectivity index (χ3n) is 6.00. The third-order valence-corrected chi connectivity index (χ3v) is 6.23. The summed E-state index contributed by atoms with van der Waals surface area (Å²) in [5.74, 6) is 2.59. The van der Waals surface area contributed by atoms with Crippen LogP contribution in [0.15, 0.2) is 48.5 Å². The molecule has 0 bridgehead atoms. The highest BCUT2D eigenvalue weighted by Gasteiger charge is 2.24. The maximum absolute atomic E-state index is 13.0. The van der Waals surface area contributed by atoms with E-state index in [0.717, 1.165) is 54.6 Å². The Labute approximate surface area is 200 Å². The monoisotopic (exact) mass is 464 g/mol. The molecule has 1 amide bonds. The van der Waals surface area contributed by atoms with Gasteiger partial charge in [0, 0.05) is 54.4 Å². The summed E-state index contributed by atoms with van der Waals surface area (Å²) < 4.78 is 5.29. The zero-order valence-corrected chi connectivity index (χ0v) is 20.1. The summed E-state index contributed by atoms with van der Waals surface area (Å²) in [6.45, 7) is 6.88. The number of carbonyl (C=O) groups excluding carboxylic acids is 1. The molecule has 0 radical (unpaired) electrons. The fourth-order valence-electron chi connectivity index (χ4n) is 4.27. The van der Waals surface area contributed by atoms with Gasteiger partial charge in [-0.3, -0.25) is 4.79 Å².